The molecule has 1 aliphatic rings. The molecule has 17 heavy (non-hydrogen) atoms. The number of hydrogen-bond acceptors (Lipinski definition) is 4. The first kappa shape index (κ1) is 12.3. The Kier molecular flexibility index (Phi) is 4.76. The van der Waals surface area contributed by atoms with Crippen LogP contribution >= 0.6 is 0 Å². The molecular formula is C13H21N3O. The van der Waals surface area contributed by atoms with E-state index < -0.39 is 0 Å². The van der Waals surface area contributed by atoms with E-state index in [1.165, 1.54) is 5.56 Å². The van der Waals surface area contributed by atoms with Gasteiger partial charge in [-0.2, -0.15) is 0 Å². The summed E-state index contributed by atoms with van der Waals surface area (Å²) >= 11 is 0. The van der Waals surface area contributed by atoms with E-state index in [1.54, 1.807) is 0 Å². The molecule has 0 atom stereocenters. The lowest BCUT2D eigenvalue weighted by atomic mass is 10.3. The molecule has 0 saturated carbocycles. The van der Waals surface area contributed by atoms with Gasteiger partial charge in [-0.05, 0) is 37.6 Å². The first-order chi connectivity index (χ1) is 8.34. The van der Waals surface area contributed by atoms with Gasteiger partial charge in [-0.1, -0.05) is 0 Å². The molecule has 1 aromatic heterocycles. The largest absolute Gasteiger partial charge is 0.379 e. The SMILES string of the molecule is Cc1ccnc(NCCCN2CCOCC2)c1. The Morgan fingerprint density at radius 3 is 3.00 bits per heavy atom. The van der Waals surface area contributed by atoms with Crippen LogP contribution in [0, 0.1) is 6.92 Å². The van der Waals surface area contributed by atoms with Gasteiger partial charge in [0.15, 0.2) is 0 Å². The highest BCUT2D eigenvalue weighted by molar-refractivity contribution is 5.36. The summed E-state index contributed by atoms with van der Waals surface area (Å²) in [5.41, 5.74) is 1.25. The van der Waals surface area contributed by atoms with Gasteiger partial charge in [0.1, 0.15) is 5.82 Å². The van der Waals surface area contributed by atoms with Crippen LogP contribution in [0.2, 0.25) is 0 Å². The van der Waals surface area contributed by atoms with Gasteiger partial charge in [-0.3, -0.25) is 4.90 Å². The molecule has 0 aliphatic carbocycles. The van der Waals surface area contributed by atoms with Crippen LogP contribution in [-0.4, -0.2) is 49.3 Å². The van der Waals surface area contributed by atoms with Crippen molar-refractivity contribution in [2.75, 3.05) is 44.7 Å². The molecule has 1 aliphatic heterocycles. The van der Waals surface area contributed by atoms with Crippen LogP contribution in [0.1, 0.15) is 12.0 Å². The van der Waals surface area contributed by atoms with Gasteiger partial charge in [0.05, 0.1) is 13.2 Å². The number of ether oxygens (including phenoxy) is 1. The second-order valence-electron chi connectivity index (χ2n) is 4.45. The average molecular weight is 235 g/mol. The molecule has 0 aromatic carbocycles. The molecule has 2 heterocycles. The first-order valence-corrected chi connectivity index (χ1v) is 6.31. The summed E-state index contributed by atoms with van der Waals surface area (Å²) in [6.45, 7) is 8.11. The maximum Gasteiger partial charge on any atom is 0.126 e. The van der Waals surface area contributed by atoms with Gasteiger partial charge in [0, 0.05) is 25.8 Å². The van der Waals surface area contributed by atoms with Gasteiger partial charge < -0.3 is 10.1 Å². The summed E-state index contributed by atoms with van der Waals surface area (Å²) in [4.78, 5) is 6.73. The summed E-state index contributed by atoms with van der Waals surface area (Å²) in [5.74, 6) is 0.979. The van der Waals surface area contributed by atoms with Crippen molar-refractivity contribution < 1.29 is 4.74 Å². The molecule has 94 valence electrons. The lowest BCUT2D eigenvalue weighted by Crippen LogP contribution is -2.37. The molecule has 1 saturated heterocycles. The minimum Gasteiger partial charge on any atom is -0.379 e. The van der Waals surface area contributed by atoms with Crippen molar-refractivity contribution in [2.24, 2.45) is 0 Å². The number of hydrogen-bond donors (Lipinski definition) is 1. The van der Waals surface area contributed by atoms with Gasteiger partial charge in [0.2, 0.25) is 0 Å². The molecule has 0 spiro atoms. The van der Waals surface area contributed by atoms with Crippen LogP contribution < -0.4 is 5.32 Å². The minimum atomic E-state index is 0.882. The molecule has 1 aromatic rings. The molecule has 0 unspecified atom stereocenters. The Labute approximate surface area is 103 Å². The second-order valence-corrected chi connectivity index (χ2v) is 4.45. The highest BCUT2D eigenvalue weighted by Gasteiger charge is 2.08. The zero-order valence-electron chi connectivity index (χ0n) is 10.5. The number of aryl methyl sites for hydroxylation is 1. The molecule has 4 nitrogen and oxygen atoms in total. The van der Waals surface area contributed by atoms with E-state index >= 15 is 0 Å². The third kappa shape index (κ3) is 4.32. The Morgan fingerprint density at radius 1 is 1.41 bits per heavy atom. The van der Waals surface area contributed by atoms with Crippen molar-refractivity contribution in [3.63, 3.8) is 0 Å². The van der Waals surface area contributed by atoms with Crippen LogP contribution in [0.25, 0.3) is 0 Å². The molecule has 0 bridgehead atoms. The number of anilines is 1. The molecular weight excluding hydrogens is 214 g/mol. The fourth-order valence-corrected chi connectivity index (χ4v) is 1.98. The Balaban J connectivity index is 1.62. The van der Waals surface area contributed by atoms with Crippen molar-refractivity contribution in [1.82, 2.24) is 9.88 Å². The molecule has 0 radical (unpaired) electrons. The standard InChI is InChI=1S/C13H21N3O/c1-12-3-5-15-13(11-12)14-4-2-6-16-7-9-17-10-8-16/h3,5,11H,2,4,6-10H2,1H3,(H,14,15). The Morgan fingerprint density at radius 2 is 2.24 bits per heavy atom. The lowest BCUT2D eigenvalue weighted by Gasteiger charge is -2.26. The van der Waals surface area contributed by atoms with Crippen LogP contribution in [0.15, 0.2) is 18.3 Å². The van der Waals surface area contributed by atoms with E-state index in [4.69, 9.17) is 4.74 Å². The summed E-state index contributed by atoms with van der Waals surface area (Å²) in [6, 6.07) is 4.09. The van der Waals surface area contributed by atoms with Crippen molar-refractivity contribution in [3.05, 3.63) is 23.9 Å². The van der Waals surface area contributed by atoms with Crippen LogP contribution in [-0.2, 0) is 4.74 Å². The van der Waals surface area contributed by atoms with E-state index in [-0.39, 0.29) is 0 Å². The van der Waals surface area contributed by atoms with Gasteiger partial charge in [-0.25, -0.2) is 4.98 Å². The lowest BCUT2D eigenvalue weighted by molar-refractivity contribution is 0.0378. The van der Waals surface area contributed by atoms with Gasteiger partial charge in [-0.15, -0.1) is 0 Å². The third-order valence-electron chi connectivity index (χ3n) is 2.98. The number of pyridine rings is 1. The van der Waals surface area contributed by atoms with E-state index in [1.807, 2.05) is 12.3 Å². The normalized spacial score (nSPS) is 17.0. The van der Waals surface area contributed by atoms with Crippen molar-refractivity contribution in [2.45, 2.75) is 13.3 Å². The zero-order chi connectivity index (χ0) is 11.9. The minimum absolute atomic E-state index is 0.882. The Bertz CT molecular complexity index is 337. The van der Waals surface area contributed by atoms with Crippen LogP contribution in [0.4, 0.5) is 5.82 Å². The third-order valence-corrected chi connectivity index (χ3v) is 2.98. The number of nitrogens with zero attached hydrogens (tertiary/aromatic N) is 2. The zero-order valence-corrected chi connectivity index (χ0v) is 10.5. The van der Waals surface area contributed by atoms with E-state index in [2.05, 4.69) is 28.2 Å². The summed E-state index contributed by atoms with van der Waals surface area (Å²) in [5, 5.41) is 3.36. The monoisotopic (exact) mass is 235 g/mol. The molecule has 2 rings (SSSR count). The summed E-state index contributed by atoms with van der Waals surface area (Å²) in [7, 11) is 0. The smallest absolute Gasteiger partial charge is 0.126 e. The van der Waals surface area contributed by atoms with E-state index in [9.17, 15) is 0 Å². The first-order valence-electron chi connectivity index (χ1n) is 6.31. The predicted molar refractivity (Wildman–Crippen MR) is 69.3 cm³/mol. The average Bonchev–Trinajstić information content (AvgIpc) is 2.36. The topological polar surface area (TPSA) is 37.4 Å². The predicted octanol–water partition coefficient (Wildman–Crippen LogP) is 1.52. The molecule has 0 amide bonds. The quantitative estimate of drug-likeness (QED) is 0.785. The number of rotatable bonds is 5. The van der Waals surface area contributed by atoms with Crippen molar-refractivity contribution >= 4 is 5.82 Å². The highest BCUT2D eigenvalue weighted by atomic mass is 16.5. The molecule has 1 fully saturated rings. The van der Waals surface area contributed by atoms with Crippen molar-refractivity contribution in [1.29, 1.82) is 0 Å². The van der Waals surface area contributed by atoms with Crippen LogP contribution in [0.5, 0.6) is 0 Å². The van der Waals surface area contributed by atoms with E-state index in [0.29, 0.717) is 0 Å². The number of nitrogens with one attached hydrogen (secondary N) is 1. The van der Waals surface area contributed by atoms with Gasteiger partial charge >= 0.3 is 0 Å². The summed E-state index contributed by atoms with van der Waals surface area (Å²) < 4.78 is 5.32. The van der Waals surface area contributed by atoms with E-state index in [0.717, 1.165) is 51.6 Å². The fourth-order valence-electron chi connectivity index (χ4n) is 1.98. The second kappa shape index (κ2) is 6.57. The number of aromatic nitrogens is 1. The Hall–Kier alpha value is -1.13. The van der Waals surface area contributed by atoms with Crippen LogP contribution in [0.3, 0.4) is 0 Å². The van der Waals surface area contributed by atoms with Gasteiger partial charge in [0.25, 0.3) is 0 Å². The van der Waals surface area contributed by atoms with Crippen molar-refractivity contribution in [3.8, 4) is 0 Å². The molecule has 1 N–H and O–H groups in total. The maximum atomic E-state index is 5.32. The fraction of sp³-hybridized carbons (Fsp3) is 0.615. The highest BCUT2D eigenvalue weighted by Crippen LogP contribution is 2.05. The maximum absolute atomic E-state index is 5.32. The summed E-state index contributed by atoms with van der Waals surface area (Å²) in [6.07, 6.45) is 3.00. The number of morpholine rings is 1. The molecule has 4 heteroatoms.